The number of nitrogens with two attached hydrogens (primary N) is 1. The van der Waals surface area contributed by atoms with Gasteiger partial charge >= 0.3 is 0 Å². The Hall–Kier alpha value is -1.26. The fourth-order valence-electron chi connectivity index (χ4n) is 1.62. The summed E-state index contributed by atoms with van der Waals surface area (Å²) >= 11 is 0. The van der Waals surface area contributed by atoms with E-state index in [0.29, 0.717) is 19.6 Å². The number of rotatable bonds is 3. The molecule has 1 aromatic carbocycles. The predicted octanol–water partition coefficient (Wildman–Crippen LogP) is 1.33. The third kappa shape index (κ3) is 2.87. The molecule has 2 rings (SSSR count). The summed E-state index contributed by atoms with van der Waals surface area (Å²) in [6.07, 6.45) is 1.37. The van der Waals surface area contributed by atoms with Crippen molar-refractivity contribution in [2.45, 2.75) is 12.8 Å². The van der Waals surface area contributed by atoms with Crippen LogP contribution in [-0.4, -0.2) is 19.1 Å². The molecular weight excluding hydrogens is 228 g/mol. The number of benzene rings is 1. The van der Waals surface area contributed by atoms with Crippen molar-refractivity contribution >= 4 is 24.0 Å². The van der Waals surface area contributed by atoms with Gasteiger partial charge in [0.05, 0.1) is 0 Å². The fourth-order valence-corrected chi connectivity index (χ4v) is 1.62. The molecule has 88 valence electrons. The van der Waals surface area contributed by atoms with Crippen molar-refractivity contribution < 1.29 is 9.53 Å². The van der Waals surface area contributed by atoms with Gasteiger partial charge in [0.25, 0.3) is 0 Å². The predicted molar refractivity (Wildman–Crippen MR) is 65.2 cm³/mol. The minimum absolute atomic E-state index is 0. The Kier molecular flexibility index (Phi) is 4.58. The number of carbonyl (C=O) groups is 1. The highest BCUT2D eigenvalue weighted by molar-refractivity contribution is 5.94. The Bertz CT molecular complexity index is 382. The summed E-state index contributed by atoms with van der Waals surface area (Å²) in [5.74, 6) is 0.819. The molecule has 1 heterocycles. The zero-order valence-corrected chi connectivity index (χ0v) is 9.68. The van der Waals surface area contributed by atoms with Gasteiger partial charge in [-0.1, -0.05) is 6.07 Å². The maximum Gasteiger partial charge on any atom is 0.224 e. The molecule has 0 unspecified atom stereocenters. The standard InChI is InChI=1S/C11H14N2O2.ClH/c12-5-6-15-9-3-1-8-2-4-11(14)13-10(8)7-9;/h1,3,7H,2,4-6,12H2,(H,13,14);1H. The topological polar surface area (TPSA) is 64.3 Å². The Morgan fingerprint density at radius 1 is 1.38 bits per heavy atom. The lowest BCUT2D eigenvalue weighted by atomic mass is 10.0. The van der Waals surface area contributed by atoms with E-state index in [0.717, 1.165) is 23.4 Å². The number of nitrogens with one attached hydrogen (secondary N) is 1. The molecule has 0 radical (unpaired) electrons. The van der Waals surface area contributed by atoms with Gasteiger partial charge in [0.2, 0.25) is 5.91 Å². The van der Waals surface area contributed by atoms with E-state index in [2.05, 4.69) is 5.32 Å². The van der Waals surface area contributed by atoms with Crippen molar-refractivity contribution in [3.05, 3.63) is 23.8 Å². The van der Waals surface area contributed by atoms with Crippen LogP contribution >= 0.6 is 12.4 Å². The van der Waals surface area contributed by atoms with Gasteiger partial charge in [0.15, 0.2) is 0 Å². The molecule has 0 saturated heterocycles. The monoisotopic (exact) mass is 242 g/mol. The summed E-state index contributed by atoms with van der Waals surface area (Å²) in [6.45, 7) is 0.982. The van der Waals surface area contributed by atoms with Crippen LogP contribution in [0.15, 0.2) is 18.2 Å². The number of anilines is 1. The van der Waals surface area contributed by atoms with E-state index in [1.54, 1.807) is 0 Å². The molecule has 0 spiro atoms. The number of amides is 1. The van der Waals surface area contributed by atoms with Gasteiger partial charge in [-0.15, -0.1) is 12.4 Å². The van der Waals surface area contributed by atoms with Crippen LogP contribution in [0, 0.1) is 0 Å². The molecule has 16 heavy (non-hydrogen) atoms. The maximum atomic E-state index is 11.2. The van der Waals surface area contributed by atoms with Crippen molar-refractivity contribution in [1.82, 2.24) is 0 Å². The van der Waals surface area contributed by atoms with Gasteiger partial charge in [0, 0.05) is 24.7 Å². The summed E-state index contributed by atoms with van der Waals surface area (Å²) in [7, 11) is 0. The van der Waals surface area contributed by atoms with E-state index in [1.807, 2.05) is 18.2 Å². The van der Waals surface area contributed by atoms with Crippen LogP contribution in [0.2, 0.25) is 0 Å². The SMILES string of the molecule is Cl.NCCOc1ccc2c(c1)NC(=O)CC2. The summed E-state index contributed by atoms with van der Waals surface area (Å²) in [5.41, 5.74) is 7.37. The van der Waals surface area contributed by atoms with E-state index in [-0.39, 0.29) is 18.3 Å². The number of ether oxygens (including phenoxy) is 1. The van der Waals surface area contributed by atoms with Crippen molar-refractivity contribution in [2.24, 2.45) is 5.73 Å². The van der Waals surface area contributed by atoms with E-state index in [1.165, 1.54) is 0 Å². The lowest BCUT2D eigenvalue weighted by Gasteiger charge is -2.17. The molecule has 4 nitrogen and oxygen atoms in total. The minimum atomic E-state index is 0. The van der Waals surface area contributed by atoms with Crippen LogP contribution in [-0.2, 0) is 11.2 Å². The van der Waals surface area contributed by atoms with E-state index in [9.17, 15) is 4.79 Å². The molecule has 3 N–H and O–H groups in total. The molecule has 0 aliphatic carbocycles. The zero-order valence-electron chi connectivity index (χ0n) is 8.86. The van der Waals surface area contributed by atoms with E-state index in [4.69, 9.17) is 10.5 Å². The van der Waals surface area contributed by atoms with Crippen molar-refractivity contribution in [3.63, 3.8) is 0 Å². The van der Waals surface area contributed by atoms with Crippen molar-refractivity contribution in [3.8, 4) is 5.75 Å². The van der Waals surface area contributed by atoms with Gasteiger partial charge in [0.1, 0.15) is 12.4 Å². The van der Waals surface area contributed by atoms with Gasteiger partial charge in [-0.3, -0.25) is 4.79 Å². The molecule has 0 aromatic heterocycles. The molecule has 1 amide bonds. The first-order valence-corrected chi connectivity index (χ1v) is 5.05. The fraction of sp³-hybridized carbons (Fsp3) is 0.364. The number of aryl methyl sites for hydroxylation is 1. The first-order chi connectivity index (χ1) is 7.29. The number of hydrogen-bond acceptors (Lipinski definition) is 3. The van der Waals surface area contributed by atoms with Gasteiger partial charge < -0.3 is 15.8 Å². The molecule has 0 fully saturated rings. The molecule has 0 saturated carbocycles. The van der Waals surface area contributed by atoms with Crippen LogP contribution in [0.25, 0.3) is 0 Å². The smallest absolute Gasteiger partial charge is 0.224 e. The Balaban J connectivity index is 0.00000128. The normalized spacial score (nSPS) is 13.4. The second kappa shape index (κ2) is 5.72. The number of halogens is 1. The number of fused-ring (bicyclic) bond motifs is 1. The molecular formula is C11H15ClN2O2. The molecule has 5 heteroatoms. The average molecular weight is 243 g/mol. The van der Waals surface area contributed by atoms with Gasteiger partial charge in [-0.05, 0) is 18.1 Å². The highest BCUT2D eigenvalue weighted by atomic mass is 35.5. The third-order valence-electron chi connectivity index (χ3n) is 2.36. The second-order valence-corrected chi connectivity index (χ2v) is 3.50. The Morgan fingerprint density at radius 3 is 2.94 bits per heavy atom. The summed E-state index contributed by atoms with van der Waals surface area (Å²) in [6, 6.07) is 5.74. The van der Waals surface area contributed by atoms with Crippen molar-refractivity contribution in [2.75, 3.05) is 18.5 Å². The highest BCUT2D eigenvalue weighted by Crippen LogP contribution is 2.26. The maximum absolute atomic E-state index is 11.2. The van der Waals surface area contributed by atoms with Crippen LogP contribution in [0.3, 0.4) is 0 Å². The van der Waals surface area contributed by atoms with Crippen LogP contribution < -0.4 is 15.8 Å². The minimum Gasteiger partial charge on any atom is -0.492 e. The Labute approximate surface area is 101 Å². The van der Waals surface area contributed by atoms with Gasteiger partial charge in [-0.25, -0.2) is 0 Å². The first-order valence-electron chi connectivity index (χ1n) is 5.05. The number of carbonyl (C=O) groups excluding carboxylic acids is 1. The van der Waals surface area contributed by atoms with Crippen LogP contribution in [0.4, 0.5) is 5.69 Å². The highest BCUT2D eigenvalue weighted by Gasteiger charge is 2.14. The largest absolute Gasteiger partial charge is 0.492 e. The molecule has 1 aromatic rings. The first kappa shape index (κ1) is 12.8. The molecule has 0 atom stereocenters. The van der Waals surface area contributed by atoms with Gasteiger partial charge in [-0.2, -0.15) is 0 Å². The third-order valence-corrected chi connectivity index (χ3v) is 2.36. The average Bonchev–Trinajstić information content (AvgIpc) is 2.25. The molecule has 0 bridgehead atoms. The van der Waals surface area contributed by atoms with Crippen LogP contribution in [0.5, 0.6) is 5.75 Å². The summed E-state index contributed by atoms with van der Waals surface area (Å²) in [5, 5.41) is 2.83. The second-order valence-electron chi connectivity index (χ2n) is 3.50. The summed E-state index contributed by atoms with van der Waals surface area (Å²) < 4.78 is 5.38. The molecule has 1 aliphatic heterocycles. The van der Waals surface area contributed by atoms with E-state index >= 15 is 0 Å². The quantitative estimate of drug-likeness (QED) is 0.841. The van der Waals surface area contributed by atoms with E-state index < -0.39 is 0 Å². The molecule has 1 aliphatic rings. The van der Waals surface area contributed by atoms with Crippen LogP contribution in [0.1, 0.15) is 12.0 Å². The zero-order chi connectivity index (χ0) is 10.7. The summed E-state index contributed by atoms with van der Waals surface area (Å²) in [4.78, 5) is 11.2. The lowest BCUT2D eigenvalue weighted by Crippen LogP contribution is -2.19. The van der Waals surface area contributed by atoms with Crippen molar-refractivity contribution in [1.29, 1.82) is 0 Å². The Morgan fingerprint density at radius 2 is 2.19 bits per heavy atom. The number of hydrogen-bond donors (Lipinski definition) is 2. The lowest BCUT2D eigenvalue weighted by molar-refractivity contribution is -0.116.